The first-order chi connectivity index (χ1) is 13.9. The molecule has 0 saturated heterocycles. The van der Waals surface area contributed by atoms with Gasteiger partial charge in [-0.25, -0.2) is 4.98 Å². The van der Waals surface area contributed by atoms with Crippen molar-refractivity contribution >= 4 is 17.4 Å². The Balaban J connectivity index is 1.37. The predicted molar refractivity (Wildman–Crippen MR) is 99.4 cm³/mol. The second kappa shape index (κ2) is 7.69. The zero-order valence-electron chi connectivity index (χ0n) is 15.4. The third-order valence-corrected chi connectivity index (χ3v) is 5.04. The average molecular weight is 404 g/mol. The van der Waals surface area contributed by atoms with Crippen LogP contribution < -0.4 is 10.6 Å². The van der Waals surface area contributed by atoms with Gasteiger partial charge in [0.05, 0.1) is 18.0 Å². The van der Waals surface area contributed by atoms with E-state index in [1.54, 1.807) is 24.3 Å². The number of hydrogen-bond donors (Lipinski definition) is 2. The number of carbonyl (C=O) groups excluding carboxylic acids is 1. The van der Waals surface area contributed by atoms with Crippen molar-refractivity contribution in [3.05, 3.63) is 54.1 Å². The number of nitrogens with zero attached hydrogens (tertiary/aromatic N) is 4. The van der Waals surface area contributed by atoms with Crippen molar-refractivity contribution in [2.75, 3.05) is 5.32 Å². The number of imidazole rings is 1. The van der Waals surface area contributed by atoms with E-state index in [2.05, 4.69) is 25.8 Å². The molecule has 29 heavy (non-hydrogen) atoms. The number of pyridine rings is 1. The lowest BCUT2D eigenvalue weighted by molar-refractivity contribution is -0.140. The number of fused-ring (bicyclic) bond motifs is 1. The van der Waals surface area contributed by atoms with Gasteiger partial charge in [0.2, 0.25) is 0 Å². The minimum Gasteiger partial charge on any atom is -0.368 e. The first-order valence-corrected chi connectivity index (χ1v) is 9.29. The van der Waals surface area contributed by atoms with E-state index < -0.39 is 11.9 Å². The second-order valence-corrected chi connectivity index (χ2v) is 7.06. The standard InChI is InChI=1S/C19H19F3N6O/c20-19(21,22)15-11-28-16(2-1-3-17(28)27-15)25-13-4-6-14(7-5-13)26-18(29)12-8-9-23-24-10-12/h1-3,8-11,13-14,25H,4-7H2,(H,26,29)/t13-,14+. The van der Waals surface area contributed by atoms with Gasteiger partial charge < -0.3 is 10.6 Å². The average Bonchev–Trinajstić information content (AvgIpc) is 3.16. The monoisotopic (exact) mass is 404 g/mol. The number of halogens is 3. The summed E-state index contributed by atoms with van der Waals surface area (Å²) in [6.45, 7) is 0. The van der Waals surface area contributed by atoms with Gasteiger partial charge in [-0.1, -0.05) is 6.07 Å². The molecular formula is C19H19F3N6O. The second-order valence-electron chi connectivity index (χ2n) is 7.06. The molecule has 2 N–H and O–H groups in total. The Morgan fingerprint density at radius 2 is 1.83 bits per heavy atom. The van der Waals surface area contributed by atoms with Crippen LogP contribution in [0.3, 0.4) is 0 Å². The maximum absolute atomic E-state index is 12.9. The Morgan fingerprint density at radius 3 is 2.52 bits per heavy atom. The molecule has 1 saturated carbocycles. The molecule has 0 spiro atoms. The lowest BCUT2D eigenvalue weighted by atomic mass is 9.91. The fourth-order valence-electron chi connectivity index (χ4n) is 3.55. The molecule has 3 heterocycles. The van der Waals surface area contributed by atoms with Gasteiger partial charge in [0.25, 0.3) is 5.91 Å². The Labute approximate surface area is 164 Å². The quantitative estimate of drug-likeness (QED) is 0.697. The molecule has 0 aromatic carbocycles. The number of carbonyl (C=O) groups is 1. The van der Waals surface area contributed by atoms with E-state index in [1.807, 2.05) is 0 Å². The van der Waals surface area contributed by atoms with Gasteiger partial charge in [-0.3, -0.25) is 9.20 Å². The van der Waals surface area contributed by atoms with Crippen LogP contribution in [0.5, 0.6) is 0 Å². The van der Waals surface area contributed by atoms with Crippen LogP contribution in [0, 0.1) is 0 Å². The summed E-state index contributed by atoms with van der Waals surface area (Å²) < 4.78 is 40.3. The topological polar surface area (TPSA) is 84.2 Å². The number of amides is 1. The zero-order chi connectivity index (χ0) is 20.4. The molecule has 0 atom stereocenters. The maximum atomic E-state index is 12.9. The number of nitrogens with one attached hydrogen (secondary N) is 2. The summed E-state index contributed by atoms with van der Waals surface area (Å²) >= 11 is 0. The molecule has 152 valence electrons. The number of alkyl halides is 3. The van der Waals surface area contributed by atoms with E-state index in [4.69, 9.17) is 0 Å². The van der Waals surface area contributed by atoms with Crippen LogP contribution in [-0.4, -0.2) is 37.6 Å². The van der Waals surface area contributed by atoms with Gasteiger partial charge in [-0.2, -0.15) is 23.4 Å². The van der Waals surface area contributed by atoms with Gasteiger partial charge in [0, 0.05) is 18.3 Å². The van der Waals surface area contributed by atoms with Crippen LogP contribution in [0.25, 0.3) is 5.65 Å². The molecule has 3 aromatic rings. The van der Waals surface area contributed by atoms with Crippen LogP contribution in [0.1, 0.15) is 41.7 Å². The van der Waals surface area contributed by atoms with Crippen LogP contribution in [0.15, 0.2) is 42.9 Å². The predicted octanol–water partition coefficient (Wildman–Crippen LogP) is 3.30. The van der Waals surface area contributed by atoms with Crippen molar-refractivity contribution in [2.24, 2.45) is 0 Å². The normalized spacial score (nSPS) is 19.8. The highest BCUT2D eigenvalue weighted by atomic mass is 19.4. The highest BCUT2D eigenvalue weighted by Gasteiger charge is 2.34. The highest BCUT2D eigenvalue weighted by Crippen LogP contribution is 2.30. The van der Waals surface area contributed by atoms with E-state index in [9.17, 15) is 18.0 Å². The number of aromatic nitrogens is 4. The molecule has 10 heteroatoms. The molecule has 4 rings (SSSR count). The zero-order valence-corrected chi connectivity index (χ0v) is 15.4. The van der Waals surface area contributed by atoms with E-state index in [0.717, 1.165) is 31.9 Å². The number of anilines is 1. The van der Waals surface area contributed by atoms with Crippen LogP contribution >= 0.6 is 0 Å². The third kappa shape index (κ3) is 4.30. The van der Waals surface area contributed by atoms with E-state index in [0.29, 0.717) is 11.4 Å². The largest absolute Gasteiger partial charge is 0.434 e. The summed E-state index contributed by atoms with van der Waals surface area (Å²) in [5.41, 5.74) is -0.203. The number of hydrogen-bond acceptors (Lipinski definition) is 5. The highest BCUT2D eigenvalue weighted by molar-refractivity contribution is 5.93. The smallest absolute Gasteiger partial charge is 0.368 e. The molecule has 0 aliphatic heterocycles. The molecule has 1 aliphatic carbocycles. The summed E-state index contributed by atoms with van der Waals surface area (Å²) in [5.74, 6) is 0.389. The van der Waals surface area contributed by atoms with Crippen molar-refractivity contribution in [2.45, 2.75) is 43.9 Å². The number of rotatable bonds is 4. The molecule has 1 fully saturated rings. The van der Waals surface area contributed by atoms with E-state index >= 15 is 0 Å². The van der Waals surface area contributed by atoms with Crippen LogP contribution in [-0.2, 0) is 6.18 Å². The molecule has 3 aromatic heterocycles. The molecule has 0 bridgehead atoms. The van der Waals surface area contributed by atoms with Crippen LogP contribution in [0.4, 0.5) is 19.0 Å². The van der Waals surface area contributed by atoms with Gasteiger partial charge in [-0.15, -0.1) is 0 Å². The Morgan fingerprint density at radius 1 is 1.07 bits per heavy atom. The molecule has 1 aliphatic rings. The van der Waals surface area contributed by atoms with Crippen molar-refractivity contribution in [3.8, 4) is 0 Å². The lowest BCUT2D eigenvalue weighted by Crippen LogP contribution is -2.40. The summed E-state index contributed by atoms with van der Waals surface area (Å²) in [5, 5.41) is 13.7. The lowest BCUT2D eigenvalue weighted by Gasteiger charge is -2.30. The fraction of sp³-hybridized carbons (Fsp3) is 0.368. The molecule has 0 unspecified atom stereocenters. The molecular weight excluding hydrogens is 385 g/mol. The Bertz CT molecular complexity index is 996. The Hall–Kier alpha value is -3.17. The summed E-state index contributed by atoms with van der Waals surface area (Å²) in [6.07, 6.45) is 2.54. The fourth-order valence-corrected chi connectivity index (χ4v) is 3.55. The van der Waals surface area contributed by atoms with Gasteiger partial charge >= 0.3 is 6.18 Å². The minimum atomic E-state index is -4.48. The summed E-state index contributed by atoms with van der Waals surface area (Å²) in [4.78, 5) is 15.9. The van der Waals surface area contributed by atoms with Crippen molar-refractivity contribution in [3.63, 3.8) is 0 Å². The Kier molecular flexibility index (Phi) is 5.08. The molecule has 1 amide bonds. The van der Waals surface area contributed by atoms with E-state index in [-0.39, 0.29) is 23.6 Å². The first-order valence-electron chi connectivity index (χ1n) is 9.29. The first kappa shape index (κ1) is 19.2. The van der Waals surface area contributed by atoms with Gasteiger partial charge in [0.15, 0.2) is 5.69 Å². The maximum Gasteiger partial charge on any atom is 0.434 e. The van der Waals surface area contributed by atoms with Crippen molar-refractivity contribution in [1.82, 2.24) is 24.9 Å². The molecule has 0 radical (unpaired) electrons. The van der Waals surface area contributed by atoms with Crippen LogP contribution in [0.2, 0.25) is 0 Å². The van der Waals surface area contributed by atoms with Crippen molar-refractivity contribution in [1.29, 1.82) is 0 Å². The molecule has 7 nitrogen and oxygen atoms in total. The van der Waals surface area contributed by atoms with Gasteiger partial charge in [-0.05, 0) is 43.9 Å². The van der Waals surface area contributed by atoms with Crippen molar-refractivity contribution < 1.29 is 18.0 Å². The summed E-state index contributed by atoms with van der Waals surface area (Å²) in [6, 6.07) is 6.72. The van der Waals surface area contributed by atoms with E-state index in [1.165, 1.54) is 16.8 Å². The van der Waals surface area contributed by atoms with Gasteiger partial charge in [0.1, 0.15) is 11.5 Å². The minimum absolute atomic E-state index is 0.0505. The summed E-state index contributed by atoms with van der Waals surface area (Å²) in [7, 11) is 0. The SMILES string of the molecule is O=C(N[C@H]1CC[C@@H](Nc2cccc3nc(C(F)(F)F)cn23)CC1)c1ccnnc1. The third-order valence-electron chi connectivity index (χ3n) is 5.04.